The van der Waals surface area contributed by atoms with Gasteiger partial charge in [0.15, 0.2) is 0 Å². The number of aromatic amines is 1. The van der Waals surface area contributed by atoms with Gasteiger partial charge in [0.25, 0.3) is 5.56 Å². The quantitative estimate of drug-likeness (QED) is 0.530. The molecule has 7 heteroatoms. The van der Waals surface area contributed by atoms with Crippen LogP contribution in [0.15, 0.2) is 53.3 Å². The molecule has 3 rings (SSSR count). The number of anilines is 1. The van der Waals surface area contributed by atoms with Crippen LogP contribution in [0.4, 0.5) is 10.5 Å². The topological polar surface area (TPSA) is 77.7 Å². The molecule has 0 spiro atoms. The van der Waals surface area contributed by atoms with E-state index in [1.807, 2.05) is 44.4 Å². The largest absolute Gasteiger partial charge is 0.495 e. The first-order valence-electron chi connectivity index (χ1n) is 10.9. The predicted molar refractivity (Wildman–Crippen MR) is 130 cm³/mol. The maximum absolute atomic E-state index is 13.2. The fourth-order valence-corrected chi connectivity index (χ4v) is 3.62. The third-order valence-electron chi connectivity index (χ3n) is 5.42. The van der Waals surface area contributed by atoms with Crippen LogP contribution in [0.5, 0.6) is 5.75 Å². The van der Waals surface area contributed by atoms with Crippen LogP contribution in [0.3, 0.4) is 0 Å². The van der Waals surface area contributed by atoms with Gasteiger partial charge in [0.2, 0.25) is 0 Å². The second kappa shape index (κ2) is 10.8. The van der Waals surface area contributed by atoms with Gasteiger partial charge in [-0.05, 0) is 74.8 Å². The summed E-state index contributed by atoms with van der Waals surface area (Å²) in [6.45, 7) is 3.68. The summed E-state index contributed by atoms with van der Waals surface area (Å²) in [7, 11) is 5.57. The summed E-state index contributed by atoms with van der Waals surface area (Å²) in [5, 5.41) is 3.90. The number of para-hydroxylation sites is 2. The van der Waals surface area contributed by atoms with Crippen LogP contribution in [0.2, 0.25) is 0 Å². The average Bonchev–Trinajstić information content (AvgIpc) is 2.78. The molecule has 0 bridgehead atoms. The molecule has 170 valence electrons. The number of ether oxygens (including phenoxy) is 1. The van der Waals surface area contributed by atoms with Crippen LogP contribution < -0.4 is 15.6 Å². The Hall–Kier alpha value is -3.32. The maximum Gasteiger partial charge on any atom is 0.322 e. The molecule has 0 fully saturated rings. The summed E-state index contributed by atoms with van der Waals surface area (Å²) in [4.78, 5) is 32.6. The van der Waals surface area contributed by atoms with Crippen molar-refractivity contribution in [2.45, 2.75) is 26.3 Å². The van der Waals surface area contributed by atoms with Gasteiger partial charge in [-0.2, -0.15) is 0 Å². The molecule has 0 atom stereocenters. The first-order valence-corrected chi connectivity index (χ1v) is 10.9. The van der Waals surface area contributed by atoms with E-state index in [4.69, 9.17) is 4.74 Å². The summed E-state index contributed by atoms with van der Waals surface area (Å²) in [6.07, 6.45) is 1.71. The van der Waals surface area contributed by atoms with E-state index < -0.39 is 0 Å². The van der Waals surface area contributed by atoms with Gasteiger partial charge in [0.05, 0.1) is 19.3 Å². The SMILES string of the molecule is CCc1ccc2[nH]c(=O)c(CN(CCCN(C)C)C(=O)Nc3ccccc3OC)cc2c1. The van der Waals surface area contributed by atoms with Gasteiger partial charge in [-0.25, -0.2) is 4.79 Å². The molecule has 2 N–H and O–H groups in total. The molecular weight excluding hydrogens is 404 g/mol. The van der Waals surface area contributed by atoms with Crippen LogP contribution >= 0.6 is 0 Å². The third kappa shape index (κ3) is 5.88. The van der Waals surface area contributed by atoms with Gasteiger partial charge in [0, 0.05) is 17.6 Å². The number of carbonyl (C=O) groups excluding carboxylic acids is 1. The van der Waals surface area contributed by atoms with Gasteiger partial charge in [-0.1, -0.05) is 25.1 Å². The van der Waals surface area contributed by atoms with Gasteiger partial charge in [-0.15, -0.1) is 0 Å². The minimum atomic E-state index is -0.268. The summed E-state index contributed by atoms with van der Waals surface area (Å²) in [6, 6.07) is 14.9. The van der Waals surface area contributed by atoms with E-state index in [-0.39, 0.29) is 18.1 Å². The molecule has 0 unspecified atom stereocenters. The van der Waals surface area contributed by atoms with Crippen molar-refractivity contribution in [3.63, 3.8) is 0 Å². The van der Waals surface area contributed by atoms with Crippen LogP contribution in [0, 0.1) is 0 Å². The zero-order valence-electron chi connectivity index (χ0n) is 19.3. The number of rotatable bonds is 9. The average molecular weight is 437 g/mol. The Labute approximate surface area is 189 Å². The number of hydrogen-bond acceptors (Lipinski definition) is 4. The molecule has 2 amide bonds. The third-order valence-corrected chi connectivity index (χ3v) is 5.42. The molecule has 0 aliphatic heterocycles. The monoisotopic (exact) mass is 436 g/mol. The fourth-order valence-electron chi connectivity index (χ4n) is 3.62. The molecule has 0 aliphatic carbocycles. The molecule has 1 heterocycles. The number of pyridine rings is 1. The number of amides is 2. The van der Waals surface area contributed by atoms with Crippen LogP contribution in [-0.4, -0.2) is 55.1 Å². The number of hydrogen-bond donors (Lipinski definition) is 2. The second-order valence-electron chi connectivity index (χ2n) is 8.11. The zero-order chi connectivity index (χ0) is 23.1. The maximum atomic E-state index is 13.2. The van der Waals surface area contributed by atoms with Crippen LogP contribution in [-0.2, 0) is 13.0 Å². The predicted octanol–water partition coefficient (Wildman–Crippen LogP) is 4.08. The summed E-state index contributed by atoms with van der Waals surface area (Å²) in [5.74, 6) is 0.588. The zero-order valence-corrected chi connectivity index (χ0v) is 19.3. The highest BCUT2D eigenvalue weighted by atomic mass is 16.5. The molecule has 3 aromatic rings. The molecule has 1 aromatic heterocycles. The summed E-state index contributed by atoms with van der Waals surface area (Å²) >= 11 is 0. The van der Waals surface area contributed by atoms with E-state index in [0.29, 0.717) is 23.5 Å². The first-order chi connectivity index (χ1) is 15.4. The summed E-state index contributed by atoms with van der Waals surface area (Å²) < 4.78 is 5.35. The Morgan fingerprint density at radius 3 is 2.59 bits per heavy atom. The lowest BCUT2D eigenvalue weighted by atomic mass is 10.1. The number of fused-ring (bicyclic) bond motifs is 1. The molecule has 0 saturated carbocycles. The van der Waals surface area contributed by atoms with Crippen molar-refractivity contribution in [3.8, 4) is 5.75 Å². The summed E-state index contributed by atoms with van der Waals surface area (Å²) in [5.41, 5.74) is 2.98. The van der Waals surface area contributed by atoms with Crippen LogP contribution in [0.25, 0.3) is 10.9 Å². The number of benzene rings is 2. The van der Waals surface area contributed by atoms with E-state index in [2.05, 4.69) is 28.2 Å². The van der Waals surface area contributed by atoms with E-state index in [9.17, 15) is 9.59 Å². The highest BCUT2D eigenvalue weighted by Gasteiger charge is 2.18. The molecular formula is C25H32N4O3. The lowest BCUT2D eigenvalue weighted by Crippen LogP contribution is -2.37. The van der Waals surface area contributed by atoms with Crippen molar-refractivity contribution in [3.05, 3.63) is 70.0 Å². The number of nitrogens with one attached hydrogen (secondary N) is 2. The highest BCUT2D eigenvalue weighted by Crippen LogP contribution is 2.24. The second-order valence-corrected chi connectivity index (χ2v) is 8.11. The first kappa shape index (κ1) is 23.3. The standard InChI is InChI=1S/C25H32N4O3/c1-5-18-11-12-21-19(15-18)16-20(24(30)26-21)17-29(14-8-13-28(2)3)25(31)27-22-9-6-7-10-23(22)32-4/h6-7,9-12,15-16H,5,8,13-14,17H2,1-4H3,(H,26,30)(H,27,31). The normalized spacial score (nSPS) is 11.0. The Bertz CT molecular complexity index is 1120. The number of methoxy groups -OCH3 is 1. The molecule has 2 aromatic carbocycles. The Morgan fingerprint density at radius 2 is 1.88 bits per heavy atom. The minimum absolute atomic E-state index is 0.176. The number of carbonyl (C=O) groups is 1. The van der Waals surface area contributed by atoms with E-state index in [1.165, 1.54) is 5.56 Å². The minimum Gasteiger partial charge on any atom is -0.495 e. The Morgan fingerprint density at radius 1 is 1.09 bits per heavy atom. The van der Waals surface area contributed by atoms with Crippen molar-refractivity contribution in [2.24, 2.45) is 0 Å². The van der Waals surface area contributed by atoms with Crippen molar-refractivity contribution < 1.29 is 9.53 Å². The van der Waals surface area contributed by atoms with Gasteiger partial charge in [-0.3, -0.25) is 4.79 Å². The van der Waals surface area contributed by atoms with Gasteiger partial charge in [0.1, 0.15) is 5.75 Å². The van der Waals surface area contributed by atoms with Crippen molar-refractivity contribution in [1.82, 2.24) is 14.8 Å². The Kier molecular flexibility index (Phi) is 7.89. The molecule has 32 heavy (non-hydrogen) atoms. The lowest BCUT2D eigenvalue weighted by molar-refractivity contribution is 0.205. The smallest absolute Gasteiger partial charge is 0.322 e. The van der Waals surface area contributed by atoms with Crippen LogP contribution in [0.1, 0.15) is 24.5 Å². The molecule has 0 saturated heterocycles. The van der Waals surface area contributed by atoms with E-state index in [1.54, 1.807) is 24.1 Å². The van der Waals surface area contributed by atoms with Gasteiger partial charge >= 0.3 is 6.03 Å². The number of nitrogens with zero attached hydrogens (tertiary/aromatic N) is 2. The molecule has 7 nitrogen and oxygen atoms in total. The number of aromatic nitrogens is 1. The number of H-pyrrole nitrogens is 1. The van der Waals surface area contributed by atoms with Crippen molar-refractivity contribution in [2.75, 3.05) is 39.6 Å². The lowest BCUT2D eigenvalue weighted by Gasteiger charge is -2.24. The number of urea groups is 1. The van der Waals surface area contributed by atoms with E-state index in [0.717, 1.165) is 30.3 Å². The van der Waals surface area contributed by atoms with E-state index >= 15 is 0 Å². The van der Waals surface area contributed by atoms with Gasteiger partial charge < -0.3 is 24.8 Å². The van der Waals surface area contributed by atoms with Crippen molar-refractivity contribution in [1.29, 1.82) is 0 Å². The fraction of sp³-hybridized carbons (Fsp3) is 0.360. The number of aryl methyl sites for hydroxylation is 1. The van der Waals surface area contributed by atoms with Crippen molar-refractivity contribution >= 4 is 22.6 Å². The molecule has 0 radical (unpaired) electrons. The Balaban J connectivity index is 1.87. The highest BCUT2D eigenvalue weighted by molar-refractivity contribution is 5.91. The molecule has 0 aliphatic rings.